The number of thioether (sulfide) groups is 1. The minimum absolute atomic E-state index is 0.0154. The summed E-state index contributed by atoms with van der Waals surface area (Å²) in [5, 5.41) is 15.2. The molecule has 27 heavy (non-hydrogen) atoms. The molecular formula is C13H29N3O8P2S. The Labute approximate surface area is 163 Å². The lowest BCUT2D eigenvalue weighted by Crippen LogP contribution is -2.46. The number of aliphatic hydroxyl groups is 1. The summed E-state index contributed by atoms with van der Waals surface area (Å²) < 4.78 is 27.5. The van der Waals surface area contributed by atoms with Crippen molar-refractivity contribution in [3.05, 3.63) is 0 Å². The van der Waals surface area contributed by atoms with E-state index in [0.29, 0.717) is 6.54 Å². The Morgan fingerprint density at radius 1 is 1.19 bits per heavy atom. The predicted molar refractivity (Wildman–Crippen MR) is 103 cm³/mol. The number of hydrogen-bond acceptors (Lipinski definition) is 7. The smallest absolute Gasteiger partial charge is 0.383 e. The summed E-state index contributed by atoms with van der Waals surface area (Å²) in [5.74, 6) is -0.232. The van der Waals surface area contributed by atoms with E-state index < -0.39 is 39.3 Å². The molecule has 0 heterocycles. The van der Waals surface area contributed by atoms with Gasteiger partial charge in [-0.05, 0) is 6.26 Å². The van der Waals surface area contributed by atoms with Gasteiger partial charge < -0.3 is 25.5 Å². The summed E-state index contributed by atoms with van der Waals surface area (Å²) in [4.78, 5) is 43.7. The largest absolute Gasteiger partial charge is 0.410 e. The number of aliphatic hydroxyl groups excluding tert-OH is 1. The molecule has 0 aliphatic rings. The minimum Gasteiger partial charge on any atom is -0.383 e. The standard InChI is InChI=1S/C13H29N3O8P2S/c1-13(2,9-24-26(22,23)16-25(3,20)21)11(18)12(19)15-6-5-10(17)14-7-8-27-4/h11,18H,5-9H2,1-4H3,(H,14,17)(H,15,19)(H3,16,20,21,22,23). The van der Waals surface area contributed by atoms with Gasteiger partial charge in [0.15, 0.2) is 0 Å². The Hall–Kier alpha value is -0.450. The highest BCUT2D eigenvalue weighted by molar-refractivity contribution is 7.98. The van der Waals surface area contributed by atoms with E-state index in [0.717, 1.165) is 12.4 Å². The van der Waals surface area contributed by atoms with E-state index in [1.807, 2.05) is 6.26 Å². The Morgan fingerprint density at radius 3 is 2.30 bits per heavy atom. The van der Waals surface area contributed by atoms with E-state index in [4.69, 9.17) is 9.42 Å². The fourth-order valence-electron chi connectivity index (χ4n) is 1.73. The molecule has 160 valence electrons. The molecule has 0 aliphatic heterocycles. The van der Waals surface area contributed by atoms with Gasteiger partial charge in [0.05, 0.1) is 6.61 Å². The van der Waals surface area contributed by atoms with Crippen LogP contribution < -0.4 is 15.5 Å². The van der Waals surface area contributed by atoms with Crippen LogP contribution in [0, 0.1) is 5.41 Å². The molecule has 0 saturated carbocycles. The topological polar surface area (TPSA) is 174 Å². The summed E-state index contributed by atoms with van der Waals surface area (Å²) in [6.07, 6.45) is 0.358. The number of carbonyl (C=O) groups excluding carboxylic acids is 2. The van der Waals surface area contributed by atoms with Crippen LogP contribution >= 0.6 is 27.0 Å². The molecule has 2 amide bonds. The summed E-state index contributed by atoms with van der Waals surface area (Å²) >= 11 is 1.59. The Balaban J connectivity index is 4.44. The maximum absolute atomic E-state index is 12.0. The van der Waals surface area contributed by atoms with Gasteiger partial charge in [-0.2, -0.15) is 11.8 Å². The van der Waals surface area contributed by atoms with Gasteiger partial charge in [-0.15, -0.1) is 4.86 Å². The third-order valence-electron chi connectivity index (χ3n) is 3.19. The van der Waals surface area contributed by atoms with Gasteiger partial charge >= 0.3 is 7.75 Å². The second kappa shape index (κ2) is 11.5. The number of rotatable bonds is 13. The molecule has 0 saturated heterocycles. The van der Waals surface area contributed by atoms with Crippen molar-refractivity contribution in [1.82, 2.24) is 15.5 Å². The van der Waals surface area contributed by atoms with Crippen LogP contribution in [-0.4, -0.2) is 71.2 Å². The van der Waals surface area contributed by atoms with Crippen LogP contribution in [0.15, 0.2) is 0 Å². The van der Waals surface area contributed by atoms with E-state index in [-0.39, 0.29) is 18.9 Å². The molecule has 0 spiro atoms. The van der Waals surface area contributed by atoms with Crippen molar-refractivity contribution in [1.29, 1.82) is 0 Å². The van der Waals surface area contributed by atoms with Crippen LogP contribution in [-0.2, 0) is 23.2 Å². The van der Waals surface area contributed by atoms with Crippen LogP contribution in [0.3, 0.4) is 0 Å². The lowest BCUT2D eigenvalue weighted by Gasteiger charge is -2.30. The fraction of sp³-hybridized carbons (Fsp3) is 0.846. The summed E-state index contributed by atoms with van der Waals surface area (Å²) in [7, 11) is -8.60. The summed E-state index contributed by atoms with van der Waals surface area (Å²) in [5.41, 5.74) is -1.28. The first-order chi connectivity index (χ1) is 12.2. The van der Waals surface area contributed by atoms with E-state index in [1.165, 1.54) is 13.8 Å². The van der Waals surface area contributed by atoms with Crippen molar-refractivity contribution in [2.45, 2.75) is 26.4 Å². The van der Waals surface area contributed by atoms with Crippen molar-refractivity contribution in [3.8, 4) is 0 Å². The quantitative estimate of drug-likeness (QED) is 0.164. The van der Waals surface area contributed by atoms with Crippen molar-refractivity contribution in [2.75, 3.05) is 38.4 Å². The van der Waals surface area contributed by atoms with Crippen molar-refractivity contribution < 1.29 is 38.1 Å². The number of nitrogens with one attached hydrogen (secondary N) is 3. The average molecular weight is 449 g/mol. The van der Waals surface area contributed by atoms with Crippen LogP contribution in [0.25, 0.3) is 0 Å². The van der Waals surface area contributed by atoms with Crippen molar-refractivity contribution >= 4 is 38.8 Å². The summed E-state index contributed by atoms with van der Waals surface area (Å²) in [6, 6.07) is 0. The number of amides is 2. The van der Waals surface area contributed by atoms with Gasteiger partial charge in [-0.3, -0.25) is 18.7 Å². The maximum Gasteiger partial charge on any atom is 0.410 e. The second-order valence-corrected chi connectivity index (χ2v) is 11.4. The zero-order valence-electron chi connectivity index (χ0n) is 15.8. The molecular weight excluding hydrogens is 420 g/mol. The fourth-order valence-corrected chi connectivity index (χ4v) is 4.65. The molecule has 3 unspecified atom stereocenters. The Bertz CT molecular complexity index is 598. The highest BCUT2D eigenvalue weighted by Gasteiger charge is 2.37. The van der Waals surface area contributed by atoms with Crippen LogP contribution in [0.5, 0.6) is 0 Å². The molecule has 3 atom stereocenters. The van der Waals surface area contributed by atoms with Gasteiger partial charge in [0.25, 0.3) is 7.52 Å². The molecule has 0 aromatic carbocycles. The van der Waals surface area contributed by atoms with Gasteiger partial charge in [0.1, 0.15) is 6.10 Å². The van der Waals surface area contributed by atoms with E-state index in [1.54, 1.807) is 16.6 Å². The number of hydrogen-bond donors (Lipinski definition) is 6. The van der Waals surface area contributed by atoms with Crippen molar-refractivity contribution in [2.24, 2.45) is 5.41 Å². The monoisotopic (exact) mass is 449 g/mol. The molecule has 0 bridgehead atoms. The van der Waals surface area contributed by atoms with E-state index in [9.17, 15) is 28.7 Å². The molecule has 14 heteroatoms. The highest BCUT2D eigenvalue weighted by Crippen LogP contribution is 2.49. The van der Waals surface area contributed by atoms with Crippen LogP contribution in [0.1, 0.15) is 20.3 Å². The maximum atomic E-state index is 12.0. The molecule has 0 rings (SSSR count). The first-order valence-electron chi connectivity index (χ1n) is 7.99. The molecule has 0 radical (unpaired) electrons. The lowest BCUT2D eigenvalue weighted by molar-refractivity contribution is -0.136. The Kier molecular flexibility index (Phi) is 11.3. The predicted octanol–water partition coefficient (Wildman–Crippen LogP) is -0.119. The number of carbonyl (C=O) groups is 2. The van der Waals surface area contributed by atoms with Gasteiger partial charge in [-0.25, -0.2) is 4.57 Å². The third-order valence-corrected chi connectivity index (χ3v) is 6.78. The molecule has 6 N–H and O–H groups in total. The molecule has 0 aromatic rings. The van der Waals surface area contributed by atoms with Crippen LogP contribution in [0.2, 0.25) is 0 Å². The zero-order valence-corrected chi connectivity index (χ0v) is 18.4. The normalized spacial score (nSPS) is 17.4. The second-order valence-electron chi connectivity index (χ2n) is 6.55. The van der Waals surface area contributed by atoms with E-state index in [2.05, 4.69) is 10.6 Å². The third kappa shape index (κ3) is 12.6. The molecule has 11 nitrogen and oxygen atoms in total. The first-order valence-corrected chi connectivity index (χ1v) is 13.1. The van der Waals surface area contributed by atoms with Crippen molar-refractivity contribution in [3.63, 3.8) is 0 Å². The van der Waals surface area contributed by atoms with Gasteiger partial charge in [0, 0.05) is 37.3 Å². The minimum atomic E-state index is -4.59. The molecule has 0 aromatic heterocycles. The molecule has 0 aliphatic carbocycles. The first kappa shape index (κ1) is 26.6. The average Bonchev–Trinajstić information content (AvgIpc) is 2.50. The van der Waals surface area contributed by atoms with Crippen LogP contribution in [0.4, 0.5) is 0 Å². The lowest BCUT2D eigenvalue weighted by atomic mass is 9.87. The zero-order chi connectivity index (χ0) is 21.3. The molecule has 0 fully saturated rings. The SMILES string of the molecule is CSCCNC(=O)CCNC(=O)C(O)C(C)(C)COP(=O)(O)NP(C)(=O)O. The summed E-state index contributed by atoms with van der Waals surface area (Å²) in [6.45, 7) is 3.64. The van der Waals surface area contributed by atoms with E-state index >= 15 is 0 Å². The highest BCUT2D eigenvalue weighted by atomic mass is 32.2. The van der Waals surface area contributed by atoms with Gasteiger partial charge in [0.2, 0.25) is 11.8 Å². The Morgan fingerprint density at radius 2 is 1.78 bits per heavy atom. The van der Waals surface area contributed by atoms with Gasteiger partial charge in [-0.1, -0.05) is 13.8 Å².